The Morgan fingerprint density at radius 2 is 1.47 bits per heavy atom. The normalized spacial score (nSPS) is 13.5. The number of anilines is 3. The van der Waals surface area contributed by atoms with E-state index >= 15 is 0 Å². The molecule has 4 rings (SSSR count). The van der Waals surface area contributed by atoms with Crippen LogP contribution in [0.2, 0.25) is 0 Å². The lowest BCUT2D eigenvalue weighted by Crippen LogP contribution is -2.32. The molecule has 3 aromatic carbocycles. The second kappa shape index (κ2) is 9.83. The number of aryl methyl sites for hydroxylation is 1. The molecule has 0 aliphatic carbocycles. The van der Waals surface area contributed by atoms with Crippen LogP contribution in [0.5, 0.6) is 5.75 Å². The monoisotopic (exact) mass is 455 g/mol. The first-order valence-electron chi connectivity index (χ1n) is 11.4. The van der Waals surface area contributed by atoms with Crippen molar-refractivity contribution in [2.75, 3.05) is 35.8 Å². The van der Waals surface area contributed by atoms with Crippen LogP contribution in [0.15, 0.2) is 78.5 Å². The van der Waals surface area contributed by atoms with E-state index in [1.54, 1.807) is 0 Å². The Kier molecular flexibility index (Phi) is 6.68. The van der Waals surface area contributed by atoms with Crippen molar-refractivity contribution in [1.82, 2.24) is 0 Å². The fraction of sp³-hybridized carbons (Fsp3) is 0.214. The van der Waals surface area contributed by atoms with E-state index in [0.29, 0.717) is 29.2 Å². The molecule has 0 spiro atoms. The summed E-state index contributed by atoms with van der Waals surface area (Å²) in [4.78, 5) is 30.4. The van der Waals surface area contributed by atoms with Crippen molar-refractivity contribution in [3.8, 4) is 5.75 Å². The van der Waals surface area contributed by atoms with Crippen molar-refractivity contribution in [3.05, 3.63) is 89.6 Å². The van der Waals surface area contributed by atoms with E-state index < -0.39 is 0 Å². The van der Waals surface area contributed by atoms with Gasteiger partial charge in [0.15, 0.2) is 0 Å². The van der Waals surface area contributed by atoms with E-state index in [4.69, 9.17) is 4.74 Å². The third-order valence-corrected chi connectivity index (χ3v) is 5.79. The van der Waals surface area contributed by atoms with Gasteiger partial charge in [-0.05, 0) is 73.0 Å². The molecule has 0 fully saturated rings. The highest BCUT2D eigenvalue weighted by Gasteiger charge is 2.40. The Hall–Kier alpha value is -4.06. The number of carbonyl (C=O) groups is 2. The average Bonchev–Trinajstić information content (AvgIpc) is 3.09. The SMILES string of the molecule is CCOc1ccc(C2=C(Nc3ccc(N(C)C)cc3)C(=O)N(c3ccc(CC)cc3)C2=O)cc1. The van der Waals surface area contributed by atoms with Crippen molar-refractivity contribution in [3.63, 3.8) is 0 Å². The Morgan fingerprint density at radius 1 is 0.824 bits per heavy atom. The van der Waals surface area contributed by atoms with Gasteiger partial charge >= 0.3 is 0 Å². The van der Waals surface area contributed by atoms with Crippen LogP contribution in [-0.2, 0) is 16.0 Å². The van der Waals surface area contributed by atoms with Crippen molar-refractivity contribution < 1.29 is 14.3 Å². The number of ether oxygens (including phenoxy) is 1. The molecule has 1 N–H and O–H groups in total. The predicted octanol–water partition coefficient (Wildman–Crippen LogP) is 5.11. The second-order valence-electron chi connectivity index (χ2n) is 8.24. The van der Waals surface area contributed by atoms with Crippen LogP contribution in [-0.4, -0.2) is 32.5 Å². The predicted molar refractivity (Wildman–Crippen MR) is 137 cm³/mol. The maximum absolute atomic E-state index is 13.6. The topological polar surface area (TPSA) is 61.9 Å². The van der Waals surface area contributed by atoms with Gasteiger partial charge in [-0.25, -0.2) is 4.90 Å². The van der Waals surface area contributed by atoms with Crippen LogP contribution in [0, 0.1) is 0 Å². The van der Waals surface area contributed by atoms with E-state index in [9.17, 15) is 9.59 Å². The molecule has 0 saturated heterocycles. The van der Waals surface area contributed by atoms with Gasteiger partial charge in [0.1, 0.15) is 11.4 Å². The number of imide groups is 1. The molecular formula is C28H29N3O3. The zero-order chi connectivity index (χ0) is 24.2. The Labute approximate surface area is 200 Å². The van der Waals surface area contributed by atoms with Gasteiger partial charge in [-0.3, -0.25) is 9.59 Å². The molecule has 0 unspecified atom stereocenters. The summed E-state index contributed by atoms with van der Waals surface area (Å²) in [6.07, 6.45) is 0.883. The zero-order valence-corrected chi connectivity index (χ0v) is 20.0. The first kappa shape index (κ1) is 23.1. The van der Waals surface area contributed by atoms with Gasteiger partial charge in [0.25, 0.3) is 11.8 Å². The fourth-order valence-corrected chi connectivity index (χ4v) is 3.90. The minimum Gasteiger partial charge on any atom is -0.494 e. The quantitative estimate of drug-likeness (QED) is 0.478. The summed E-state index contributed by atoms with van der Waals surface area (Å²) < 4.78 is 5.54. The van der Waals surface area contributed by atoms with Crippen LogP contribution in [0.3, 0.4) is 0 Å². The zero-order valence-electron chi connectivity index (χ0n) is 20.0. The number of nitrogens with one attached hydrogen (secondary N) is 1. The van der Waals surface area contributed by atoms with E-state index in [0.717, 1.165) is 23.4 Å². The maximum atomic E-state index is 13.6. The summed E-state index contributed by atoms with van der Waals surface area (Å²) in [5, 5.41) is 3.22. The second-order valence-corrected chi connectivity index (χ2v) is 8.24. The van der Waals surface area contributed by atoms with Crippen molar-refractivity contribution >= 4 is 34.4 Å². The third-order valence-electron chi connectivity index (χ3n) is 5.79. The molecule has 0 bridgehead atoms. The molecule has 1 heterocycles. The third kappa shape index (κ3) is 4.53. The summed E-state index contributed by atoms with van der Waals surface area (Å²) in [7, 11) is 3.94. The molecule has 6 heteroatoms. The lowest BCUT2D eigenvalue weighted by molar-refractivity contribution is -0.120. The molecule has 1 aliphatic heterocycles. The van der Waals surface area contributed by atoms with Gasteiger partial charge in [0.2, 0.25) is 0 Å². The number of amides is 2. The minimum atomic E-state index is -0.380. The van der Waals surface area contributed by atoms with Gasteiger partial charge in [0.05, 0.1) is 17.9 Å². The molecule has 1 aliphatic rings. The van der Waals surface area contributed by atoms with Crippen molar-refractivity contribution in [2.45, 2.75) is 20.3 Å². The Bertz CT molecular complexity index is 1210. The summed E-state index contributed by atoms with van der Waals surface area (Å²) in [6.45, 7) is 4.54. The highest BCUT2D eigenvalue weighted by molar-refractivity contribution is 6.46. The van der Waals surface area contributed by atoms with Crippen LogP contribution in [0.1, 0.15) is 25.0 Å². The first-order chi connectivity index (χ1) is 16.4. The number of hydrogen-bond acceptors (Lipinski definition) is 5. The lowest BCUT2D eigenvalue weighted by atomic mass is 10.0. The molecule has 0 aromatic heterocycles. The average molecular weight is 456 g/mol. The highest BCUT2D eigenvalue weighted by Crippen LogP contribution is 2.34. The standard InChI is InChI=1S/C28H29N3O3/c1-5-19-7-13-23(14-8-19)31-27(32)25(20-9-17-24(18-10-20)34-6-2)26(28(31)33)29-21-11-15-22(16-12-21)30(3)4/h7-18,29H,5-6H2,1-4H3. The highest BCUT2D eigenvalue weighted by atomic mass is 16.5. The summed E-state index contributed by atoms with van der Waals surface area (Å²) in [5.41, 5.74) is 4.71. The smallest absolute Gasteiger partial charge is 0.282 e. The van der Waals surface area contributed by atoms with Crippen LogP contribution < -0.4 is 19.9 Å². The summed E-state index contributed by atoms with van der Waals surface area (Å²) in [6, 6.07) is 22.5. The number of nitrogens with zero attached hydrogens (tertiary/aromatic N) is 2. The number of rotatable bonds is 8. The van der Waals surface area contributed by atoms with Crippen molar-refractivity contribution in [2.24, 2.45) is 0 Å². The van der Waals surface area contributed by atoms with Crippen molar-refractivity contribution in [1.29, 1.82) is 0 Å². The Morgan fingerprint density at radius 3 is 2.03 bits per heavy atom. The number of benzene rings is 3. The fourth-order valence-electron chi connectivity index (χ4n) is 3.90. The number of hydrogen-bond donors (Lipinski definition) is 1. The molecule has 0 atom stereocenters. The van der Waals surface area contributed by atoms with E-state index in [2.05, 4.69) is 12.2 Å². The van der Waals surface area contributed by atoms with Gasteiger partial charge in [-0.2, -0.15) is 0 Å². The maximum Gasteiger partial charge on any atom is 0.282 e. The summed E-state index contributed by atoms with van der Waals surface area (Å²) in [5.74, 6) is -0.0231. The van der Waals surface area contributed by atoms with E-state index in [1.807, 2.05) is 98.7 Å². The van der Waals surface area contributed by atoms with Gasteiger partial charge < -0.3 is 15.0 Å². The molecular weight excluding hydrogens is 426 g/mol. The molecule has 0 radical (unpaired) electrons. The lowest BCUT2D eigenvalue weighted by Gasteiger charge is -2.16. The molecule has 6 nitrogen and oxygen atoms in total. The molecule has 34 heavy (non-hydrogen) atoms. The first-order valence-corrected chi connectivity index (χ1v) is 11.4. The summed E-state index contributed by atoms with van der Waals surface area (Å²) >= 11 is 0. The van der Waals surface area contributed by atoms with E-state index in [-0.39, 0.29) is 17.5 Å². The van der Waals surface area contributed by atoms with Crippen LogP contribution in [0.25, 0.3) is 5.57 Å². The molecule has 174 valence electrons. The van der Waals surface area contributed by atoms with Gasteiger partial charge in [-0.15, -0.1) is 0 Å². The molecule has 3 aromatic rings. The van der Waals surface area contributed by atoms with Crippen LogP contribution >= 0.6 is 0 Å². The number of carbonyl (C=O) groups excluding carboxylic acids is 2. The Balaban J connectivity index is 1.74. The van der Waals surface area contributed by atoms with E-state index in [1.165, 1.54) is 4.90 Å². The largest absolute Gasteiger partial charge is 0.494 e. The van der Waals surface area contributed by atoms with Crippen LogP contribution in [0.4, 0.5) is 17.1 Å². The van der Waals surface area contributed by atoms with Gasteiger partial charge in [-0.1, -0.05) is 31.2 Å². The van der Waals surface area contributed by atoms with Gasteiger partial charge in [0, 0.05) is 25.5 Å². The molecule has 0 saturated carbocycles. The molecule has 2 amide bonds. The minimum absolute atomic E-state index is 0.256.